The number of carbonyl (C=O) groups is 2. The highest BCUT2D eigenvalue weighted by atomic mass is 16.3. The van der Waals surface area contributed by atoms with Crippen LogP contribution >= 0.6 is 0 Å². The van der Waals surface area contributed by atoms with Crippen molar-refractivity contribution in [1.82, 2.24) is 14.7 Å². The Bertz CT molecular complexity index is 1060. The van der Waals surface area contributed by atoms with Crippen LogP contribution in [0.15, 0.2) is 48.5 Å². The van der Waals surface area contributed by atoms with Gasteiger partial charge < -0.3 is 10.0 Å². The van der Waals surface area contributed by atoms with Gasteiger partial charge in [-0.2, -0.15) is 5.26 Å². The third-order valence-corrected chi connectivity index (χ3v) is 6.40. The second kappa shape index (κ2) is 8.73. The molecule has 0 bridgehead atoms. The zero-order chi connectivity index (χ0) is 22.9. The quantitative estimate of drug-likeness (QED) is 0.709. The molecular weight excluding hydrogens is 404 g/mol. The van der Waals surface area contributed by atoms with Crippen molar-refractivity contribution < 1.29 is 14.7 Å². The Hall–Kier alpha value is -3.21. The SMILES string of the molecule is CC1(C)C(=O)N(Cc2ccc(C#N)cc2)C(=O)N1CC(O)CN1CCc2ccccc2C1. The molecule has 32 heavy (non-hydrogen) atoms. The summed E-state index contributed by atoms with van der Waals surface area (Å²) in [4.78, 5) is 31.0. The highest BCUT2D eigenvalue weighted by Crippen LogP contribution is 2.29. The minimum Gasteiger partial charge on any atom is -0.390 e. The van der Waals surface area contributed by atoms with E-state index in [0.29, 0.717) is 12.1 Å². The molecule has 1 saturated heterocycles. The van der Waals surface area contributed by atoms with Gasteiger partial charge in [-0.3, -0.25) is 14.6 Å². The van der Waals surface area contributed by atoms with Gasteiger partial charge in [0.25, 0.3) is 5.91 Å². The Balaban J connectivity index is 1.40. The smallest absolute Gasteiger partial charge is 0.328 e. The molecule has 166 valence electrons. The van der Waals surface area contributed by atoms with Gasteiger partial charge in [-0.05, 0) is 49.1 Å². The lowest BCUT2D eigenvalue weighted by atomic mass is 9.99. The van der Waals surface area contributed by atoms with E-state index < -0.39 is 17.7 Å². The maximum absolute atomic E-state index is 13.1. The summed E-state index contributed by atoms with van der Waals surface area (Å²) in [6.07, 6.45) is 0.180. The fourth-order valence-corrected chi connectivity index (χ4v) is 4.51. The molecule has 7 nitrogen and oxygen atoms in total. The predicted molar refractivity (Wildman–Crippen MR) is 119 cm³/mol. The molecule has 2 aliphatic rings. The van der Waals surface area contributed by atoms with E-state index in [0.717, 1.165) is 25.1 Å². The Labute approximate surface area is 188 Å². The molecule has 3 amide bonds. The number of urea groups is 1. The van der Waals surface area contributed by atoms with E-state index in [9.17, 15) is 14.7 Å². The van der Waals surface area contributed by atoms with Gasteiger partial charge in [0, 0.05) is 19.6 Å². The van der Waals surface area contributed by atoms with Crippen LogP contribution in [0.3, 0.4) is 0 Å². The van der Waals surface area contributed by atoms with Crippen molar-refractivity contribution in [3.05, 3.63) is 70.8 Å². The van der Waals surface area contributed by atoms with Gasteiger partial charge in [0.2, 0.25) is 0 Å². The molecule has 1 unspecified atom stereocenters. The lowest BCUT2D eigenvalue weighted by Gasteiger charge is -2.33. The number of amides is 3. The number of aliphatic hydroxyl groups is 1. The molecule has 2 heterocycles. The number of benzene rings is 2. The normalized spacial score (nSPS) is 19.1. The number of hydrogen-bond acceptors (Lipinski definition) is 5. The Morgan fingerprint density at radius 1 is 1.06 bits per heavy atom. The molecule has 2 aliphatic heterocycles. The van der Waals surface area contributed by atoms with Gasteiger partial charge in [-0.15, -0.1) is 0 Å². The first-order valence-corrected chi connectivity index (χ1v) is 10.9. The van der Waals surface area contributed by atoms with Crippen molar-refractivity contribution in [2.45, 2.75) is 45.0 Å². The second-order valence-corrected chi connectivity index (χ2v) is 9.06. The van der Waals surface area contributed by atoms with Gasteiger partial charge in [0.15, 0.2) is 0 Å². The van der Waals surface area contributed by atoms with Crippen LogP contribution in [-0.2, 0) is 24.3 Å². The second-order valence-electron chi connectivity index (χ2n) is 9.06. The van der Waals surface area contributed by atoms with E-state index in [1.54, 1.807) is 38.1 Å². The van der Waals surface area contributed by atoms with Gasteiger partial charge in [0.05, 0.1) is 30.8 Å². The molecule has 0 aromatic heterocycles. The number of fused-ring (bicyclic) bond motifs is 1. The van der Waals surface area contributed by atoms with Crippen LogP contribution in [0.4, 0.5) is 4.79 Å². The highest BCUT2D eigenvalue weighted by molar-refractivity contribution is 6.06. The van der Waals surface area contributed by atoms with Crippen molar-refractivity contribution in [3.63, 3.8) is 0 Å². The highest BCUT2D eigenvalue weighted by Gasteiger charge is 2.51. The number of β-amino-alcohol motifs (C(OH)–C–C–N with tert-alkyl or cyclic N) is 1. The number of hydrogen-bond donors (Lipinski definition) is 1. The summed E-state index contributed by atoms with van der Waals surface area (Å²) in [5, 5.41) is 19.7. The molecule has 4 rings (SSSR count). The summed E-state index contributed by atoms with van der Waals surface area (Å²) in [5.74, 6) is -0.286. The predicted octanol–water partition coefficient (Wildman–Crippen LogP) is 2.52. The number of imide groups is 1. The maximum atomic E-state index is 13.1. The van der Waals surface area contributed by atoms with Crippen LogP contribution < -0.4 is 0 Å². The summed E-state index contributed by atoms with van der Waals surface area (Å²) in [5.41, 5.74) is 2.89. The van der Waals surface area contributed by atoms with Gasteiger partial charge in [-0.25, -0.2) is 4.79 Å². The molecule has 1 atom stereocenters. The van der Waals surface area contributed by atoms with Crippen molar-refractivity contribution in [2.75, 3.05) is 19.6 Å². The lowest BCUT2D eigenvalue weighted by Crippen LogP contribution is -2.50. The third kappa shape index (κ3) is 4.24. The maximum Gasteiger partial charge on any atom is 0.328 e. The first-order valence-electron chi connectivity index (χ1n) is 10.9. The number of nitrogens with zero attached hydrogens (tertiary/aromatic N) is 4. The zero-order valence-electron chi connectivity index (χ0n) is 18.5. The Morgan fingerprint density at radius 3 is 2.44 bits per heavy atom. The number of carbonyl (C=O) groups excluding carboxylic acids is 2. The van der Waals surface area contributed by atoms with E-state index in [-0.39, 0.29) is 19.0 Å². The lowest BCUT2D eigenvalue weighted by molar-refractivity contribution is -0.132. The Morgan fingerprint density at radius 2 is 1.75 bits per heavy atom. The molecule has 0 spiro atoms. The fourth-order valence-electron chi connectivity index (χ4n) is 4.51. The van der Waals surface area contributed by atoms with Crippen LogP contribution in [0.2, 0.25) is 0 Å². The average Bonchev–Trinajstić information content (AvgIpc) is 2.94. The first-order chi connectivity index (χ1) is 15.3. The van der Waals surface area contributed by atoms with E-state index in [1.807, 2.05) is 12.1 Å². The van der Waals surface area contributed by atoms with E-state index in [2.05, 4.69) is 23.1 Å². The number of aliphatic hydroxyl groups excluding tert-OH is 1. The molecule has 2 aromatic carbocycles. The van der Waals surface area contributed by atoms with Gasteiger partial charge in [-0.1, -0.05) is 36.4 Å². The van der Waals surface area contributed by atoms with Crippen LogP contribution in [0.25, 0.3) is 0 Å². The molecule has 2 aromatic rings. The van der Waals surface area contributed by atoms with Crippen molar-refractivity contribution in [3.8, 4) is 6.07 Å². The molecule has 0 aliphatic carbocycles. The monoisotopic (exact) mass is 432 g/mol. The molecule has 1 fully saturated rings. The summed E-state index contributed by atoms with van der Waals surface area (Å²) >= 11 is 0. The molecule has 7 heteroatoms. The Kier molecular flexibility index (Phi) is 6.00. The topological polar surface area (TPSA) is 87.9 Å². The minimum absolute atomic E-state index is 0.0968. The number of nitriles is 1. The molecular formula is C25H28N4O3. The minimum atomic E-state index is -1.03. The van der Waals surface area contributed by atoms with Crippen molar-refractivity contribution in [1.29, 1.82) is 5.26 Å². The van der Waals surface area contributed by atoms with Crippen molar-refractivity contribution >= 4 is 11.9 Å². The number of rotatable bonds is 6. The standard InChI is InChI=1S/C25H28N4O3/c1-25(2)23(31)28(14-19-9-7-18(13-26)8-10-19)24(32)29(25)17-22(30)16-27-12-11-20-5-3-4-6-21(20)15-27/h3-10,22,30H,11-12,14-17H2,1-2H3. The summed E-state index contributed by atoms with van der Waals surface area (Å²) in [6, 6.07) is 16.8. The van der Waals surface area contributed by atoms with Crippen LogP contribution in [-0.4, -0.2) is 63.0 Å². The van der Waals surface area contributed by atoms with Crippen LogP contribution in [0, 0.1) is 11.3 Å². The van der Waals surface area contributed by atoms with Crippen molar-refractivity contribution in [2.24, 2.45) is 0 Å². The summed E-state index contributed by atoms with van der Waals surface area (Å²) < 4.78 is 0. The largest absolute Gasteiger partial charge is 0.390 e. The molecule has 0 radical (unpaired) electrons. The first kappa shape index (κ1) is 22.0. The van der Waals surface area contributed by atoms with E-state index in [1.165, 1.54) is 20.9 Å². The van der Waals surface area contributed by atoms with Gasteiger partial charge >= 0.3 is 6.03 Å². The van der Waals surface area contributed by atoms with E-state index >= 15 is 0 Å². The average molecular weight is 433 g/mol. The van der Waals surface area contributed by atoms with Crippen LogP contribution in [0.1, 0.15) is 36.1 Å². The molecule has 1 N–H and O–H groups in total. The zero-order valence-corrected chi connectivity index (χ0v) is 18.5. The van der Waals surface area contributed by atoms with Gasteiger partial charge in [0.1, 0.15) is 5.54 Å². The fraction of sp³-hybridized carbons (Fsp3) is 0.400. The third-order valence-electron chi connectivity index (χ3n) is 6.40. The summed E-state index contributed by atoms with van der Waals surface area (Å²) in [6.45, 7) is 5.75. The van der Waals surface area contributed by atoms with Crippen LogP contribution in [0.5, 0.6) is 0 Å². The molecule has 0 saturated carbocycles. The van der Waals surface area contributed by atoms with E-state index in [4.69, 9.17) is 5.26 Å². The summed E-state index contributed by atoms with van der Waals surface area (Å²) in [7, 11) is 0.